The Morgan fingerprint density at radius 2 is 1.69 bits per heavy atom. The minimum Gasteiger partial charge on any atom is -0.497 e. The Morgan fingerprint density at radius 1 is 0.938 bits per heavy atom. The van der Waals surface area contributed by atoms with Crippen molar-refractivity contribution in [3.8, 4) is 23.0 Å². The first-order chi connectivity index (χ1) is 15.7. The van der Waals surface area contributed by atoms with Crippen LogP contribution in [0.5, 0.6) is 23.0 Å². The van der Waals surface area contributed by atoms with E-state index in [9.17, 15) is 0 Å². The van der Waals surface area contributed by atoms with Gasteiger partial charge in [0.1, 0.15) is 17.6 Å². The van der Waals surface area contributed by atoms with Crippen LogP contribution in [0.3, 0.4) is 0 Å². The van der Waals surface area contributed by atoms with E-state index in [0.29, 0.717) is 0 Å². The molecule has 0 unspecified atom stereocenters. The van der Waals surface area contributed by atoms with Gasteiger partial charge in [0.25, 0.3) is 0 Å². The number of ether oxygens (including phenoxy) is 4. The van der Waals surface area contributed by atoms with Crippen LogP contribution in [-0.4, -0.2) is 20.0 Å². The standard InChI is InChI=1S/C27H21BrO4/c1-29-20-9-4-17(5-10-20)26-21-13-24-25(31-15-30-24)14-23(21)32-22-11-6-18(27(22)26)12-16-2-7-19(28)8-3-16/h2-14,22,26-27H,15H2,1H3/b18-12-/t22-,26-,27+/m0/s1. The van der Waals surface area contributed by atoms with Crippen molar-refractivity contribution in [3.05, 3.63) is 99.6 Å². The lowest BCUT2D eigenvalue weighted by Crippen LogP contribution is -2.33. The summed E-state index contributed by atoms with van der Waals surface area (Å²) in [5.74, 6) is 3.47. The summed E-state index contributed by atoms with van der Waals surface area (Å²) in [6, 6.07) is 20.8. The maximum Gasteiger partial charge on any atom is 0.231 e. The Hall–Kier alpha value is -3.18. The molecule has 0 aromatic heterocycles. The fourth-order valence-corrected chi connectivity index (χ4v) is 5.10. The van der Waals surface area contributed by atoms with Gasteiger partial charge in [-0.3, -0.25) is 0 Å². The van der Waals surface area contributed by atoms with Crippen LogP contribution in [-0.2, 0) is 0 Å². The lowest BCUT2D eigenvalue weighted by molar-refractivity contribution is 0.169. The average Bonchev–Trinajstić information content (AvgIpc) is 3.44. The van der Waals surface area contributed by atoms with Gasteiger partial charge in [-0.15, -0.1) is 0 Å². The molecule has 0 saturated heterocycles. The molecule has 3 aromatic carbocycles. The molecule has 0 radical (unpaired) electrons. The molecule has 0 saturated carbocycles. The summed E-state index contributed by atoms with van der Waals surface area (Å²) < 4.78 is 24.2. The summed E-state index contributed by atoms with van der Waals surface area (Å²) in [6.07, 6.45) is 6.57. The Balaban J connectivity index is 1.48. The minimum atomic E-state index is -0.0447. The molecule has 6 rings (SSSR count). The van der Waals surface area contributed by atoms with Crippen molar-refractivity contribution >= 4 is 22.0 Å². The molecule has 0 amide bonds. The van der Waals surface area contributed by atoms with Crippen LogP contribution in [0.2, 0.25) is 0 Å². The third kappa shape index (κ3) is 3.28. The van der Waals surface area contributed by atoms with Crippen LogP contribution in [0.15, 0.2) is 82.9 Å². The highest BCUT2D eigenvalue weighted by molar-refractivity contribution is 9.10. The number of halogens is 1. The van der Waals surface area contributed by atoms with Gasteiger partial charge in [-0.25, -0.2) is 0 Å². The SMILES string of the molecule is COc1ccc([C@H]2c3cc4c(cc3O[C@H]3C=C/C(=C/c5ccc(Br)cc5)[C@@H]23)OCO4)cc1. The zero-order chi connectivity index (χ0) is 21.7. The summed E-state index contributed by atoms with van der Waals surface area (Å²) in [6.45, 7) is 0.243. The van der Waals surface area contributed by atoms with Gasteiger partial charge in [-0.2, -0.15) is 0 Å². The zero-order valence-corrected chi connectivity index (χ0v) is 19.0. The number of fused-ring (bicyclic) bond motifs is 3. The van der Waals surface area contributed by atoms with Crippen LogP contribution in [0.4, 0.5) is 0 Å². The van der Waals surface area contributed by atoms with E-state index in [1.165, 1.54) is 16.7 Å². The van der Waals surface area contributed by atoms with E-state index in [1.807, 2.05) is 18.2 Å². The zero-order valence-electron chi connectivity index (χ0n) is 17.5. The summed E-state index contributed by atoms with van der Waals surface area (Å²) in [4.78, 5) is 0. The molecule has 32 heavy (non-hydrogen) atoms. The van der Waals surface area contributed by atoms with E-state index >= 15 is 0 Å². The largest absolute Gasteiger partial charge is 0.497 e. The Morgan fingerprint density at radius 3 is 2.44 bits per heavy atom. The molecular formula is C27H21BrO4. The second-order valence-corrected chi connectivity index (χ2v) is 9.07. The van der Waals surface area contributed by atoms with Crippen LogP contribution in [0.25, 0.3) is 6.08 Å². The lowest BCUT2D eigenvalue weighted by atomic mass is 9.74. The smallest absolute Gasteiger partial charge is 0.231 e. The van der Waals surface area contributed by atoms with Crippen LogP contribution in [0.1, 0.15) is 22.6 Å². The first-order valence-corrected chi connectivity index (χ1v) is 11.4. The topological polar surface area (TPSA) is 36.9 Å². The third-order valence-corrected chi connectivity index (χ3v) is 6.89. The van der Waals surface area contributed by atoms with Crippen molar-refractivity contribution < 1.29 is 18.9 Å². The molecule has 0 N–H and O–H groups in total. The summed E-state index contributed by atoms with van der Waals surface area (Å²) >= 11 is 3.52. The van der Waals surface area contributed by atoms with E-state index < -0.39 is 0 Å². The monoisotopic (exact) mass is 488 g/mol. The highest BCUT2D eigenvalue weighted by atomic mass is 79.9. The normalized spacial score (nSPS) is 23.6. The summed E-state index contributed by atoms with van der Waals surface area (Å²) in [5, 5.41) is 0. The third-order valence-electron chi connectivity index (χ3n) is 6.36. The van der Waals surface area contributed by atoms with E-state index in [2.05, 4.69) is 76.6 Å². The van der Waals surface area contributed by atoms with Crippen molar-refractivity contribution in [2.24, 2.45) is 5.92 Å². The van der Waals surface area contributed by atoms with E-state index in [4.69, 9.17) is 18.9 Å². The Bertz CT molecular complexity index is 1230. The predicted molar refractivity (Wildman–Crippen MR) is 127 cm³/mol. The van der Waals surface area contributed by atoms with Crippen LogP contribution in [0, 0.1) is 5.92 Å². The van der Waals surface area contributed by atoms with E-state index in [-0.39, 0.29) is 24.7 Å². The fraction of sp³-hybridized carbons (Fsp3) is 0.185. The van der Waals surface area contributed by atoms with Gasteiger partial charge in [0, 0.05) is 27.9 Å². The van der Waals surface area contributed by atoms with Crippen molar-refractivity contribution in [3.63, 3.8) is 0 Å². The van der Waals surface area contributed by atoms with Gasteiger partial charge in [-0.1, -0.05) is 52.3 Å². The van der Waals surface area contributed by atoms with Gasteiger partial charge in [0.2, 0.25) is 6.79 Å². The number of allylic oxidation sites excluding steroid dienone is 1. The van der Waals surface area contributed by atoms with E-state index in [1.54, 1.807) is 7.11 Å². The molecule has 1 aliphatic carbocycles. The quantitative estimate of drug-likeness (QED) is 0.430. The number of hydrogen-bond donors (Lipinski definition) is 0. The summed E-state index contributed by atoms with van der Waals surface area (Å²) in [7, 11) is 1.69. The second-order valence-electron chi connectivity index (χ2n) is 8.16. The molecular weight excluding hydrogens is 468 g/mol. The molecule has 3 atom stereocenters. The predicted octanol–water partition coefficient (Wildman–Crippen LogP) is 6.35. The highest BCUT2D eigenvalue weighted by Gasteiger charge is 2.43. The van der Waals surface area contributed by atoms with E-state index in [0.717, 1.165) is 33.0 Å². The van der Waals surface area contributed by atoms with Gasteiger partial charge < -0.3 is 18.9 Å². The van der Waals surface area contributed by atoms with Crippen LogP contribution >= 0.6 is 15.9 Å². The molecule has 3 aliphatic rings. The van der Waals surface area contributed by atoms with Gasteiger partial charge >= 0.3 is 0 Å². The maximum atomic E-state index is 6.47. The molecule has 2 heterocycles. The van der Waals surface area contributed by atoms with Crippen molar-refractivity contribution in [1.82, 2.24) is 0 Å². The van der Waals surface area contributed by atoms with Crippen LogP contribution < -0.4 is 18.9 Å². The fourth-order valence-electron chi connectivity index (χ4n) is 4.84. The van der Waals surface area contributed by atoms with Crippen molar-refractivity contribution in [2.75, 3.05) is 13.9 Å². The van der Waals surface area contributed by atoms with Gasteiger partial charge in [-0.05, 0) is 53.1 Å². The molecule has 0 fully saturated rings. The Labute approximate surface area is 195 Å². The number of rotatable bonds is 3. The lowest BCUT2D eigenvalue weighted by Gasteiger charge is -2.37. The second kappa shape index (κ2) is 7.75. The molecule has 2 aliphatic heterocycles. The minimum absolute atomic E-state index is 0.0447. The number of hydrogen-bond acceptors (Lipinski definition) is 4. The number of benzene rings is 3. The van der Waals surface area contributed by atoms with Crippen molar-refractivity contribution in [2.45, 2.75) is 12.0 Å². The molecule has 0 bridgehead atoms. The first kappa shape index (κ1) is 19.5. The average molecular weight is 489 g/mol. The van der Waals surface area contributed by atoms with Gasteiger partial charge in [0.15, 0.2) is 11.5 Å². The number of methoxy groups -OCH3 is 1. The van der Waals surface area contributed by atoms with Gasteiger partial charge in [0.05, 0.1) is 7.11 Å². The Kier molecular flexibility index (Phi) is 4.72. The molecule has 160 valence electrons. The summed E-state index contributed by atoms with van der Waals surface area (Å²) in [5.41, 5.74) is 4.75. The van der Waals surface area contributed by atoms with Crippen molar-refractivity contribution in [1.29, 1.82) is 0 Å². The highest BCUT2D eigenvalue weighted by Crippen LogP contribution is 2.53. The molecule has 4 nitrogen and oxygen atoms in total. The maximum absolute atomic E-state index is 6.47. The molecule has 3 aromatic rings. The molecule has 5 heteroatoms. The molecule has 0 spiro atoms. The first-order valence-electron chi connectivity index (χ1n) is 10.6.